The molecular formula is C32H35NO5. The van der Waals surface area contributed by atoms with Crippen molar-refractivity contribution in [3.05, 3.63) is 126 Å². The van der Waals surface area contributed by atoms with Crippen molar-refractivity contribution in [3.63, 3.8) is 0 Å². The van der Waals surface area contributed by atoms with Gasteiger partial charge in [0.1, 0.15) is 29.0 Å². The van der Waals surface area contributed by atoms with Gasteiger partial charge in [-0.15, -0.1) is 0 Å². The molecule has 3 atom stereocenters. The molecule has 4 N–H and O–H groups in total. The number of benzene rings is 4. The summed E-state index contributed by atoms with van der Waals surface area (Å²) >= 11 is 0. The van der Waals surface area contributed by atoms with Crippen LogP contribution in [-0.2, 0) is 5.60 Å². The molecule has 198 valence electrons. The van der Waals surface area contributed by atoms with E-state index in [1.807, 2.05) is 97.1 Å². The van der Waals surface area contributed by atoms with Gasteiger partial charge in [-0.05, 0) is 71.8 Å². The quantitative estimate of drug-likeness (QED) is 0.225. The van der Waals surface area contributed by atoms with Crippen LogP contribution < -0.4 is 19.9 Å². The van der Waals surface area contributed by atoms with Crippen molar-refractivity contribution in [1.82, 2.24) is 0 Å². The first-order valence-electron chi connectivity index (χ1n) is 12.6. The van der Waals surface area contributed by atoms with E-state index in [2.05, 4.69) is 0 Å². The van der Waals surface area contributed by atoms with E-state index in [1.54, 1.807) is 26.4 Å². The van der Waals surface area contributed by atoms with E-state index in [9.17, 15) is 10.2 Å². The normalized spacial score (nSPS) is 13.8. The molecule has 0 radical (unpaired) electrons. The number of hydrogen-bond donors (Lipinski definition) is 3. The summed E-state index contributed by atoms with van der Waals surface area (Å²) in [6.45, 7) is 0. The van der Waals surface area contributed by atoms with Crippen LogP contribution in [-0.4, -0.2) is 36.8 Å². The number of aliphatic hydroxyl groups excluding tert-OH is 1. The number of nitrogens with two attached hydrogens (primary N) is 1. The maximum absolute atomic E-state index is 12.4. The van der Waals surface area contributed by atoms with Crippen molar-refractivity contribution in [2.24, 2.45) is 5.73 Å². The van der Waals surface area contributed by atoms with Crippen molar-refractivity contribution >= 4 is 0 Å². The summed E-state index contributed by atoms with van der Waals surface area (Å²) in [5.41, 5.74) is 7.30. The highest BCUT2D eigenvalue weighted by atomic mass is 16.5. The number of methoxy groups -OCH3 is 2. The monoisotopic (exact) mass is 513 g/mol. The largest absolute Gasteiger partial charge is 0.497 e. The van der Waals surface area contributed by atoms with Crippen LogP contribution in [0.15, 0.2) is 109 Å². The Labute approximate surface area is 224 Å². The predicted octanol–water partition coefficient (Wildman–Crippen LogP) is 5.23. The van der Waals surface area contributed by atoms with E-state index < -0.39 is 17.9 Å². The van der Waals surface area contributed by atoms with E-state index in [0.717, 1.165) is 5.56 Å². The molecule has 0 heterocycles. The van der Waals surface area contributed by atoms with Gasteiger partial charge in [0.2, 0.25) is 0 Å². The van der Waals surface area contributed by atoms with Crippen molar-refractivity contribution in [1.29, 1.82) is 0 Å². The van der Waals surface area contributed by atoms with Crippen molar-refractivity contribution < 1.29 is 24.4 Å². The Hall–Kier alpha value is -3.84. The smallest absolute Gasteiger partial charge is 0.173 e. The molecule has 2 unspecified atom stereocenters. The van der Waals surface area contributed by atoms with Gasteiger partial charge in [0.25, 0.3) is 0 Å². The van der Waals surface area contributed by atoms with Crippen LogP contribution in [0.1, 0.15) is 35.4 Å². The molecule has 0 fully saturated rings. The molecule has 0 amide bonds. The van der Waals surface area contributed by atoms with E-state index >= 15 is 0 Å². The van der Waals surface area contributed by atoms with Crippen LogP contribution in [0.2, 0.25) is 0 Å². The number of rotatable bonds is 12. The first-order chi connectivity index (χ1) is 18.4. The molecule has 4 aromatic carbocycles. The van der Waals surface area contributed by atoms with Crippen LogP contribution in [0.4, 0.5) is 0 Å². The predicted molar refractivity (Wildman–Crippen MR) is 148 cm³/mol. The molecule has 6 heteroatoms. The van der Waals surface area contributed by atoms with Gasteiger partial charge in [0.15, 0.2) is 6.23 Å². The zero-order valence-electron chi connectivity index (χ0n) is 21.7. The van der Waals surface area contributed by atoms with E-state index in [0.29, 0.717) is 34.8 Å². The molecule has 4 aromatic rings. The lowest BCUT2D eigenvalue weighted by molar-refractivity contribution is 0.0156. The fourth-order valence-corrected chi connectivity index (χ4v) is 4.72. The second kappa shape index (κ2) is 12.6. The van der Waals surface area contributed by atoms with Gasteiger partial charge in [-0.25, -0.2) is 0 Å². The van der Waals surface area contributed by atoms with Gasteiger partial charge in [0, 0.05) is 0 Å². The van der Waals surface area contributed by atoms with Gasteiger partial charge in [-0.3, -0.25) is 5.73 Å². The minimum atomic E-state index is -1.37. The molecule has 38 heavy (non-hydrogen) atoms. The minimum Gasteiger partial charge on any atom is -0.497 e. The third-order valence-electron chi connectivity index (χ3n) is 6.87. The van der Waals surface area contributed by atoms with Crippen LogP contribution in [0.3, 0.4) is 0 Å². The van der Waals surface area contributed by atoms with Gasteiger partial charge >= 0.3 is 0 Å². The van der Waals surface area contributed by atoms with Gasteiger partial charge in [-0.1, -0.05) is 72.8 Å². The molecule has 0 spiro atoms. The van der Waals surface area contributed by atoms with Crippen molar-refractivity contribution in [2.75, 3.05) is 14.2 Å². The lowest BCUT2D eigenvalue weighted by Gasteiger charge is -2.35. The molecule has 0 saturated heterocycles. The summed E-state index contributed by atoms with van der Waals surface area (Å²) in [4.78, 5) is 0. The first-order valence-corrected chi connectivity index (χ1v) is 12.6. The summed E-state index contributed by atoms with van der Waals surface area (Å²) in [6.07, 6.45) is -1.33. The lowest BCUT2D eigenvalue weighted by atomic mass is 9.75. The fourth-order valence-electron chi connectivity index (χ4n) is 4.72. The summed E-state index contributed by atoms with van der Waals surface area (Å²) in [5, 5.41) is 23.5. The standard InChI is InChI=1S/C32H35NO5/c1-36-27-17-13-25(14-18-27)32(35,26-15-19-28(37-2)20-16-26)22-24(23-9-5-3-6-10-23)21-30(34)31(33)38-29-11-7-4-8-12-29/h3-20,24,30-31,34-35H,21-22,33H2,1-2H3/t24?,30-,31?/m0/s1. The third kappa shape index (κ3) is 6.53. The van der Waals surface area contributed by atoms with Crippen molar-refractivity contribution in [3.8, 4) is 17.2 Å². The lowest BCUT2D eigenvalue weighted by Crippen LogP contribution is -2.41. The summed E-state index contributed by atoms with van der Waals surface area (Å²) in [6, 6.07) is 33.8. The number of ether oxygens (including phenoxy) is 3. The first kappa shape index (κ1) is 27.2. The summed E-state index contributed by atoms with van der Waals surface area (Å²) < 4.78 is 16.5. The molecule has 0 aliphatic heterocycles. The molecule has 0 aliphatic rings. The Morgan fingerprint density at radius 3 is 1.63 bits per heavy atom. The average Bonchev–Trinajstić information content (AvgIpc) is 2.97. The topological polar surface area (TPSA) is 94.2 Å². The minimum absolute atomic E-state index is 0.245. The van der Waals surface area contributed by atoms with Gasteiger partial charge in [-0.2, -0.15) is 0 Å². The highest BCUT2D eigenvalue weighted by Crippen LogP contribution is 2.42. The molecule has 0 aliphatic carbocycles. The van der Waals surface area contributed by atoms with Crippen LogP contribution in [0.5, 0.6) is 17.2 Å². The van der Waals surface area contributed by atoms with Crippen LogP contribution >= 0.6 is 0 Å². The highest BCUT2D eigenvalue weighted by Gasteiger charge is 2.36. The second-order valence-corrected chi connectivity index (χ2v) is 9.33. The molecule has 0 saturated carbocycles. The van der Waals surface area contributed by atoms with Gasteiger partial charge < -0.3 is 24.4 Å². The molecule has 6 nitrogen and oxygen atoms in total. The second-order valence-electron chi connectivity index (χ2n) is 9.33. The average molecular weight is 514 g/mol. The van der Waals surface area contributed by atoms with E-state index in [4.69, 9.17) is 19.9 Å². The number of hydrogen-bond acceptors (Lipinski definition) is 6. The fraction of sp³-hybridized carbons (Fsp3) is 0.250. The zero-order valence-corrected chi connectivity index (χ0v) is 21.7. The summed E-state index contributed by atoms with van der Waals surface area (Å²) in [5.74, 6) is 1.74. The maximum Gasteiger partial charge on any atom is 0.173 e. The van der Waals surface area contributed by atoms with Gasteiger partial charge in [0.05, 0.1) is 14.2 Å². The molecular weight excluding hydrogens is 478 g/mol. The highest BCUT2D eigenvalue weighted by molar-refractivity contribution is 5.41. The van der Waals surface area contributed by atoms with E-state index in [-0.39, 0.29) is 12.3 Å². The third-order valence-corrected chi connectivity index (χ3v) is 6.87. The number of para-hydroxylation sites is 1. The van der Waals surface area contributed by atoms with E-state index in [1.165, 1.54) is 0 Å². The number of aliphatic hydroxyl groups is 2. The van der Waals surface area contributed by atoms with Crippen LogP contribution in [0.25, 0.3) is 0 Å². The Bertz CT molecular complexity index is 1200. The summed E-state index contributed by atoms with van der Waals surface area (Å²) in [7, 11) is 3.22. The maximum atomic E-state index is 12.4. The Morgan fingerprint density at radius 2 is 1.16 bits per heavy atom. The molecule has 4 rings (SSSR count). The SMILES string of the molecule is COc1ccc(C(O)(CC(C[C@H](O)C(N)Oc2ccccc2)c2ccccc2)c2ccc(OC)cc2)cc1. The Balaban J connectivity index is 1.68. The van der Waals surface area contributed by atoms with Crippen LogP contribution in [0, 0.1) is 0 Å². The Kier molecular flexibility index (Phi) is 9.02. The molecule has 0 aromatic heterocycles. The van der Waals surface area contributed by atoms with Crippen molar-refractivity contribution in [2.45, 2.75) is 36.7 Å². The zero-order chi connectivity index (χ0) is 27.0. The Morgan fingerprint density at radius 1 is 0.684 bits per heavy atom. The molecule has 0 bridgehead atoms.